The van der Waals surface area contributed by atoms with Gasteiger partial charge in [0.25, 0.3) is 65.5 Å². The van der Waals surface area contributed by atoms with E-state index in [9.17, 15) is 64.2 Å². The third-order valence-corrected chi connectivity index (χ3v) is 102. The van der Waals surface area contributed by atoms with Crippen LogP contribution >= 0.6 is 46.8 Å². The lowest BCUT2D eigenvalue weighted by Gasteiger charge is -2.53. The Kier molecular flexibility index (Phi) is 42.0. The molecule has 2 bridgehead atoms. The number of thiol groups is 2. The summed E-state index contributed by atoms with van der Waals surface area (Å²) >= 11 is 28.2. The van der Waals surface area contributed by atoms with E-state index in [1.807, 2.05) is 85.0 Å². The molecular weight excluding hydrogens is 2660 g/mol. The maximum absolute atomic E-state index is 14.3. The maximum Gasteiger partial charge on any atom is 0.278 e. The zero-order chi connectivity index (χ0) is 101. The molecule has 14 aliphatic rings. The average Bonchev–Trinajstić information content (AvgIpc) is 1.50. The van der Waals surface area contributed by atoms with E-state index in [1.54, 1.807) is 373 Å². The van der Waals surface area contributed by atoms with Crippen LogP contribution in [-0.2, 0) is 413 Å². The number of sulfonamides is 3. The summed E-state index contributed by atoms with van der Waals surface area (Å²) in [6, 6.07) is 46.0. The molecule has 0 unspecified atom stereocenters. The summed E-state index contributed by atoms with van der Waals surface area (Å²) in [5, 5.41) is 20.6. The molecule has 760 valence electrons. The van der Waals surface area contributed by atoms with Gasteiger partial charge in [0, 0.05) is 378 Å². The van der Waals surface area contributed by atoms with Crippen molar-refractivity contribution in [3.63, 3.8) is 0 Å². The summed E-state index contributed by atoms with van der Waals surface area (Å²) in [6.07, 6.45) is 15.0. The number of piperazine rings is 3. The molecule has 2 N–H and O–H groups in total. The van der Waals surface area contributed by atoms with Crippen molar-refractivity contribution in [1.82, 2.24) is 29.4 Å². The van der Waals surface area contributed by atoms with Gasteiger partial charge in [-0.25, -0.2) is 38.2 Å². The Balaban J connectivity index is 0.000000138. The Morgan fingerprint density at radius 2 is 0.662 bits per heavy atom. The first-order valence-corrected chi connectivity index (χ1v) is 93.8. The lowest BCUT2D eigenvalue weighted by Crippen LogP contribution is -2.72. The normalized spacial score (nSPS) is 25.5. The van der Waals surface area contributed by atoms with Gasteiger partial charge in [-0.15, -0.1) is 25.3 Å². The number of amides is 6. The van der Waals surface area contributed by atoms with Crippen LogP contribution in [0.1, 0.15) is 55.2 Å². The summed E-state index contributed by atoms with van der Waals surface area (Å²) < 4.78 is 89.1. The van der Waals surface area contributed by atoms with Gasteiger partial charge in [-0.2, -0.15) is 0 Å². The molecule has 11 heterocycles. The number of allylic oxidation sites excluding steroid dienone is 9. The smallest absolute Gasteiger partial charge is 0.278 e. The molecular formula is C75H67N9O14S44. The SMILES string of the molecule is CN1C(=O)[C@@]2(S)C[C@]3(C4=CCC=C4)c4ccccc4N(S(=O)(=O)c4ccccc4)[C@@H]3N2C(=O)[C@@H]1S.CN1C(=O)[C@@]23C[C@]4(C5=CCC=C5)c5ccccc5N(S(=O)(=O)c5ccccc5)[C@@H]4N2C(=O)[C@@H]1SS3.CN1C(=O)[C@]2(O)C[C@]3(C4=CCC=C4)c4ccccc4N(S(=O)(=O)c4ccccc4)[C@@H]3N2C(=O)[C@H]1O.S=S=S=S=S=S=S=S=S=S=S=S=S=S=S=S=S=S.S=S=S=S=S=S=S=S=S=S=S=S=S=S=S=S=S=S=S. The molecule has 3 aliphatic carbocycles. The number of carbonyl (C=O) groups excluding carboxylic acids is 6. The number of fused-ring (bicyclic) bond motifs is 15. The van der Waals surface area contributed by atoms with Gasteiger partial charge in [-0.3, -0.25) is 43.5 Å². The number of aliphatic hydroxyl groups excluding tert-OH is 1. The van der Waals surface area contributed by atoms with Gasteiger partial charge in [0.05, 0.1) is 48.0 Å². The second kappa shape index (κ2) is 51.8. The highest BCUT2D eigenvalue weighted by molar-refractivity contribution is 8.80. The van der Waals surface area contributed by atoms with Gasteiger partial charge < -0.3 is 24.9 Å². The highest BCUT2D eigenvalue weighted by Crippen LogP contribution is 2.71. The summed E-state index contributed by atoms with van der Waals surface area (Å²) in [4.78, 5) is 86.9. The van der Waals surface area contributed by atoms with E-state index < -0.39 is 115 Å². The van der Waals surface area contributed by atoms with Crippen molar-refractivity contribution in [2.75, 3.05) is 34.1 Å². The quantitative estimate of drug-likeness (QED) is 0.0812. The van der Waals surface area contributed by atoms with Crippen LogP contribution in [0.4, 0.5) is 17.1 Å². The number of nitrogens with zero attached hydrogens (tertiary/aromatic N) is 9. The van der Waals surface area contributed by atoms with Gasteiger partial charge >= 0.3 is 0 Å². The topological polar surface area (TPSA) is 274 Å². The summed E-state index contributed by atoms with van der Waals surface area (Å²) in [5.41, 5.74) is 0.736. The Labute approximate surface area is 951 Å². The molecule has 0 aromatic heterocycles. The summed E-state index contributed by atoms with van der Waals surface area (Å²) in [5.74, 6) is -3.00. The van der Waals surface area contributed by atoms with Crippen LogP contribution in [0.2, 0.25) is 0 Å². The Bertz CT molecular complexity index is 8110. The van der Waals surface area contributed by atoms with Gasteiger partial charge in [0.1, 0.15) is 18.5 Å². The van der Waals surface area contributed by atoms with E-state index in [0.717, 1.165) is 42.8 Å². The number of hydrogen-bond donors (Lipinski definition) is 4. The number of benzene rings is 6. The van der Waals surface area contributed by atoms with Crippen LogP contribution in [0.15, 0.2) is 250 Å². The largest absolute Gasteiger partial charge is 0.365 e. The van der Waals surface area contributed by atoms with Gasteiger partial charge in [-0.05, 0) is 107 Å². The van der Waals surface area contributed by atoms with Crippen molar-refractivity contribution >= 4 is 467 Å². The molecule has 142 heavy (non-hydrogen) atoms. The maximum atomic E-state index is 14.3. The fraction of sp³-hybridized carbons (Fsp3) is 0.280. The van der Waals surface area contributed by atoms with Crippen molar-refractivity contribution in [1.29, 1.82) is 0 Å². The number of hydrogen-bond acceptors (Lipinski definition) is 22. The standard InChI is InChI=1S/C25H23N3O6S.C25H21N3O4S3.C25H23N3O4S3.S19.S18/c1-26-20(29)21(30)27-22-24(16-9-5-6-10-16,15-25(27,32)23(26)31)18-13-7-8-14-19(18)28(22)35(33,34)17-11-3-2-4-12-17;1-26-21-20(29)27-22-24(16-9-5-6-10-16,15-25(27,23(26)30)34-33-21)18-13-7-8-14-19(18)28(22)35(31,32)17-11-3-2-4-12-17;1-26-21(33)20(29)27-22-24(16-9-5-6-10-16,15-25(27,34)23(26)30)18-13-7-8-14-19(18)28(22)35(31,32)17-11-3-2-4-12-17;1-3-5-7-9-11-13-15-17-19-18-16-14-12-10-8-6-4-2;1-3-5-7-9-11-13-15-17-18-16-14-12-10-8-6-4-2/h2-5,7-14,20,22,29,32H,6,15H2,1H3;2-5,7-14,21-22H,6,15H2,1H3;2-5,7-14,21-22,33-34H,6,15H2,1H3;;/t20-,22+,24+,25-;2*21-,22-,24-,25-;;/m100../s1. The number of carbonyl (C=O) groups is 6. The van der Waals surface area contributed by atoms with Crippen molar-refractivity contribution in [3.05, 3.63) is 252 Å². The van der Waals surface area contributed by atoms with E-state index in [-0.39, 0.29) is 45.2 Å². The fourth-order valence-electron chi connectivity index (χ4n) is 18.7. The van der Waals surface area contributed by atoms with Gasteiger partial charge in [-0.1, -0.05) is 185 Å². The summed E-state index contributed by atoms with van der Waals surface area (Å²) in [7, 11) is 51.0. The van der Waals surface area contributed by atoms with Crippen LogP contribution in [0.25, 0.3) is 0 Å². The molecule has 8 saturated heterocycles. The second-order valence-electron chi connectivity index (χ2n) is 30.2. The lowest BCUT2D eigenvalue weighted by molar-refractivity contribution is -0.207. The summed E-state index contributed by atoms with van der Waals surface area (Å²) in [6.45, 7) is 0. The van der Waals surface area contributed by atoms with Crippen LogP contribution in [0.5, 0.6) is 0 Å². The monoisotopic (exact) mass is 2720 g/mol. The minimum absolute atomic E-state index is 0.00504. The third kappa shape index (κ3) is 22.7. The van der Waals surface area contributed by atoms with E-state index >= 15 is 0 Å². The predicted molar refractivity (Wildman–Crippen MR) is 672 cm³/mol. The molecule has 67 heteroatoms. The van der Waals surface area contributed by atoms with Gasteiger partial charge in [0.2, 0.25) is 12.0 Å². The van der Waals surface area contributed by atoms with Gasteiger partial charge in [0.15, 0.2) is 20.5 Å². The highest BCUT2D eigenvalue weighted by Gasteiger charge is 2.79. The van der Waals surface area contributed by atoms with Crippen molar-refractivity contribution < 1.29 is 64.2 Å². The van der Waals surface area contributed by atoms with Crippen LogP contribution < -0.4 is 12.9 Å². The van der Waals surface area contributed by atoms with Crippen LogP contribution in [0, 0.1) is 0 Å². The van der Waals surface area contributed by atoms with E-state index in [0.29, 0.717) is 47.5 Å². The second-order valence-corrected chi connectivity index (χ2v) is 97.8. The molecule has 6 aromatic rings. The zero-order valence-electron chi connectivity index (χ0n) is 71.4. The first kappa shape index (κ1) is 115. The number of para-hydroxylation sites is 3. The third-order valence-electron chi connectivity index (χ3n) is 23.7. The highest BCUT2D eigenvalue weighted by atomic mass is 33.5. The molecule has 6 amide bonds. The fourth-order valence-corrected chi connectivity index (χ4v) is 108. The van der Waals surface area contributed by atoms with E-state index in [4.69, 9.17) is 57.4 Å². The first-order chi connectivity index (χ1) is 68.5. The molecule has 0 saturated carbocycles. The first-order valence-electron chi connectivity index (χ1n) is 39.6. The molecule has 6 aromatic carbocycles. The Hall–Kier alpha value is -0.710. The molecule has 11 aliphatic heterocycles. The molecule has 0 radical (unpaired) electrons. The lowest BCUT2D eigenvalue weighted by atomic mass is 9.71. The minimum Gasteiger partial charge on any atom is -0.365 e. The van der Waals surface area contributed by atoms with Crippen LogP contribution in [-0.4, -0.2) is 172 Å². The molecule has 20 rings (SSSR count). The van der Waals surface area contributed by atoms with E-state index in [2.05, 4.69) is 18.7 Å². The number of rotatable bonds is 9. The molecule has 23 nitrogen and oxygen atoms in total. The molecule has 12 atom stereocenters. The minimum atomic E-state index is -4.25. The average molecular weight is 2730 g/mol. The number of anilines is 3. The molecule has 8 fully saturated rings. The van der Waals surface area contributed by atoms with Crippen molar-refractivity contribution in [2.24, 2.45) is 0 Å². The van der Waals surface area contributed by atoms with Crippen molar-refractivity contribution in [3.8, 4) is 0 Å². The van der Waals surface area contributed by atoms with E-state index in [1.165, 1.54) is 119 Å². The van der Waals surface area contributed by atoms with Crippen LogP contribution in [0.3, 0.4) is 0 Å². The van der Waals surface area contributed by atoms with Crippen molar-refractivity contribution in [2.45, 2.75) is 120 Å². The predicted octanol–water partition coefficient (Wildman–Crippen LogP) is 7.37. The number of aliphatic hydroxyl groups is 2. The zero-order valence-corrected chi connectivity index (χ0v) is 107. The number of likely N-dealkylation sites (N-methyl/N-ethyl adjacent to an activating group) is 3. The molecule has 1 spiro atoms. The Morgan fingerprint density at radius 3 is 0.993 bits per heavy atom. The Morgan fingerprint density at radius 1 is 0.359 bits per heavy atom.